The molecule has 2 fully saturated rings. The van der Waals surface area contributed by atoms with Crippen molar-refractivity contribution < 1.29 is 19.1 Å². The maximum absolute atomic E-state index is 13.3. The van der Waals surface area contributed by atoms with E-state index in [1.165, 1.54) is 12.8 Å². The summed E-state index contributed by atoms with van der Waals surface area (Å²) in [4.78, 5) is 28.9. The highest BCUT2D eigenvalue weighted by Gasteiger charge is 2.25. The van der Waals surface area contributed by atoms with Crippen LogP contribution in [0, 0.1) is 0 Å². The van der Waals surface area contributed by atoms with E-state index in [4.69, 9.17) is 25.7 Å². The van der Waals surface area contributed by atoms with Gasteiger partial charge >= 0.3 is 0 Å². The van der Waals surface area contributed by atoms with Gasteiger partial charge in [-0.3, -0.25) is 9.69 Å². The van der Waals surface area contributed by atoms with E-state index in [9.17, 15) is 9.90 Å². The highest BCUT2D eigenvalue weighted by atomic mass is 35.5. The van der Waals surface area contributed by atoms with Crippen LogP contribution in [0.3, 0.4) is 0 Å². The average Bonchev–Trinajstić information content (AvgIpc) is 3.55. The Hall–Kier alpha value is -3.38. The Labute approximate surface area is 263 Å². The number of pyridine rings is 1. The molecule has 1 aliphatic carbocycles. The molecule has 3 N–H and O–H groups in total. The van der Waals surface area contributed by atoms with Crippen molar-refractivity contribution in [2.75, 3.05) is 62.6 Å². The number of aromatic nitrogens is 2. The minimum Gasteiger partial charge on any atom is -0.484 e. The second-order valence-corrected chi connectivity index (χ2v) is 12.3. The lowest BCUT2D eigenvalue weighted by Crippen LogP contribution is -2.46. The molecule has 1 amide bonds. The summed E-state index contributed by atoms with van der Waals surface area (Å²) in [6.07, 6.45) is 6.49. The maximum atomic E-state index is 13.3. The lowest BCUT2D eigenvalue weighted by molar-refractivity contribution is 0.0841. The van der Waals surface area contributed by atoms with Gasteiger partial charge in [0.1, 0.15) is 24.0 Å². The number of halogens is 1. The summed E-state index contributed by atoms with van der Waals surface area (Å²) in [5.41, 5.74) is 2.74. The molecule has 6 rings (SSSR count). The molecule has 1 saturated heterocycles. The predicted octanol–water partition coefficient (Wildman–Crippen LogP) is 3.56. The molecule has 44 heavy (non-hydrogen) atoms. The molecule has 3 aromatic rings. The number of hydrogen-bond donors (Lipinski definition) is 3. The van der Waals surface area contributed by atoms with Gasteiger partial charge in [0.2, 0.25) is 0 Å². The number of benzene rings is 1. The van der Waals surface area contributed by atoms with Crippen molar-refractivity contribution >= 4 is 29.1 Å². The van der Waals surface area contributed by atoms with Crippen LogP contribution in [0.5, 0.6) is 5.75 Å². The van der Waals surface area contributed by atoms with Gasteiger partial charge in [0.25, 0.3) is 5.91 Å². The first-order valence-electron chi connectivity index (χ1n) is 15.7. The molecule has 0 radical (unpaired) electrons. The molecule has 12 heteroatoms. The van der Waals surface area contributed by atoms with E-state index in [0.717, 1.165) is 81.3 Å². The van der Waals surface area contributed by atoms with Crippen LogP contribution in [0.2, 0.25) is 5.02 Å². The predicted molar refractivity (Wildman–Crippen MR) is 169 cm³/mol. The van der Waals surface area contributed by atoms with Crippen molar-refractivity contribution in [2.24, 2.45) is 0 Å². The van der Waals surface area contributed by atoms with E-state index in [2.05, 4.69) is 37.2 Å². The molecule has 3 aliphatic rings. The third kappa shape index (κ3) is 7.46. The smallest absolute Gasteiger partial charge is 0.251 e. The minimum atomic E-state index is -0.712. The van der Waals surface area contributed by atoms with Gasteiger partial charge in [-0.1, -0.05) is 24.6 Å². The van der Waals surface area contributed by atoms with Crippen molar-refractivity contribution in [3.05, 3.63) is 64.3 Å². The molecule has 1 unspecified atom stereocenters. The molecule has 2 aliphatic heterocycles. The number of oxazole rings is 1. The van der Waals surface area contributed by atoms with E-state index in [0.29, 0.717) is 41.2 Å². The van der Waals surface area contributed by atoms with Crippen LogP contribution in [-0.4, -0.2) is 95.3 Å². The van der Waals surface area contributed by atoms with Gasteiger partial charge in [-0.05, 0) is 61.6 Å². The number of β-amino-alcohol motifs (C(OH)–C–C–N with tert-alkyl or cyclic N) is 1. The van der Waals surface area contributed by atoms with Crippen LogP contribution in [0.25, 0.3) is 0 Å². The standard InChI is InChI=1S/C32H42ClN7O4/c1-2-38-10-12-40(13-11-38)30-15-23(14-29(37-30)36-24-4-3-5-24)32(42)35-16-25(41)19-39-9-8-27-22(18-39)6-7-28(31(27)33)43-20-26-17-34-21-44-26/h6-7,14-15,17,21,24-25,41H,2-5,8-13,16,18-20H2,1H3,(H,35,42)(H,36,37). The van der Waals surface area contributed by atoms with E-state index in [1.807, 2.05) is 24.3 Å². The quantitative estimate of drug-likeness (QED) is 0.276. The Morgan fingerprint density at radius 3 is 2.75 bits per heavy atom. The van der Waals surface area contributed by atoms with Gasteiger partial charge in [-0.15, -0.1) is 0 Å². The zero-order chi connectivity index (χ0) is 30.5. The molecule has 0 spiro atoms. The van der Waals surface area contributed by atoms with Crippen LogP contribution < -0.4 is 20.3 Å². The van der Waals surface area contributed by atoms with Gasteiger partial charge < -0.3 is 34.7 Å². The fourth-order valence-electron chi connectivity index (χ4n) is 5.99. The van der Waals surface area contributed by atoms with Crippen LogP contribution >= 0.6 is 11.6 Å². The van der Waals surface area contributed by atoms with Crippen LogP contribution in [-0.2, 0) is 19.6 Å². The minimum absolute atomic E-state index is 0.162. The third-order valence-corrected chi connectivity index (χ3v) is 9.29. The van der Waals surface area contributed by atoms with Gasteiger partial charge in [0.05, 0.1) is 17.3 Å². The Balaban J connectivity index is 1.03. The number of aliphatic hydroxyl groups excluding tert-OH is 1. The van der Waals surface area contributed by atoms with Gasteiger partial charge in [-0.25, -0.2) is 9.97 Å². The normalized spacial score (nSPS) is 18.4. The number of rotatable bonds is 12. The van der Waals surface area contributed by atoms with Gasteiger partial charge in [-0.2, -0.15) is 0 Å². The summed E-state index contributed by atoms with van der Waals surface area (Å²) in [5.74, 6) is 2.62. The van der Waals surface area contributed by atoms with Gasteiger partial charge in [0, 0.05) is 64.0 Å². The van der Waals surface area contributed by atoms with Crippen LogP contribution in [0.1, 0.15) is 53.4 Å². The lowest BCUT2D eigenvalue weighted by atomic mass is 9.93. The highest BCUT2D eigenvalue weighted by Crippen LogP contribution is 2.34. The summed E-state index contributed by atoms with van der Waals surface area (Å²) >= 11 is 6.69. The highest BCUT2D eigenvalue weighted by molar-refractivity contribution is 6.33. The number of likely N-dealkylation sites (N-methyl/N-ethyl adjacent to an activating group) is 1. The van der Waals surface area contributed by atoms with Crippen molar-refractivity contribution in [1.29, 1.82) is 0 Å². The maximum Gasteiger partial charge on any atom is 0.251 e. The van der Waals surface area contributed by atoms with E-state index >= 15 is 0 Å². The molecule has 1 saturated carbocycles. The van der Waals surface area contributed by atoms with Crippen molar-refractivity contribution in [3.63, 3.8) is 0 Å². The number of anilines is 2. The number of amides is 1. The fraction of sp³-hybridized carbons (Fsp3) is 0.531. The molecule has 0 bridgehead atoms. The molecule has 4 heterocycles. The van der Waals surface area contributed by atoms with Crippen LogP contribution in [0.4, 0.5) is 11.6 Å². The van der Waals surface area contributed by atoms with Gasteiger partial charge in [0.15, 0.2) is 12.2 Å². The zero-order valence-corrected chi connectivity index (χ0v) is 26.1. The third-order valence-electron chi connectivity index (χ3n) is 8.87. The molecule has 236 valence electrons. The Morgan fingerprint density at radius 2 is 2.02 bits per heavy atom. The second-order valence-electron chi connectivity index (χ2n) is 11.9. The van der Waals surface area contributed by atoms with Crippen molar-refractivity contribution in [1.82, 2.24) is 25.1 Å². The number of hydrogen-bond acceptors (Lipinski definition) is 10. The first kappa shape index (κ1) is 30.6. The lowest BCUT2D eigenvalue weighted by Gasteiger charge is -2.35. The summed E-state index contributed by atoms with van der Waals surface area (Å²) in [6.45, 7) is 9.24. The summed E-state index contributed by atoms with van der Waals surface area (Å²) in [5, 5.41) is 18.0. The summed E-state index contributed by atoms with van der Waals surface area (Å²) in [7, 11) is 0. The van der Waals surface area contributed by atoms with Crippen molar-refractivity contribution in [3.8, 4) is 5.75 Å². The Bertz CT molecular complexity index is 1410. The Kier molecular flexibility index (Phi) is 9.85. The number of ether oxygens (including phenoxy) is 1. The second kappa shape index (κ2) is 14.2. The first-order chi connectivity index (χ1) is 21.4. The number of piperazine rings is 1. The first-order valence-corrected chi connectivity index (χ1v) is 16.1. The van der Waals surface area contributed by atoms with E-state index in [-0.39, 0.29) is 19.1 Å². The zero-order valence-electron chi connectivity index (χ0n) is 25.3. The monoisotopic (exact) mass is 623 g/mol. The number of fused-ring (bicyclic) bond motifs is 1. The van der Waals surface area contributed by atoms with Crippen LogP contribution in [0.15, 0.2) is 41.3 Å². The van der Waals surface area contributed by atoms with E-state index < -0.39 is 6.10 Å². The van der Waals surface area contributed by atoms with E-state index in [1.54, 1.807) is 6.20 Å². The topological polar surface area (TPSA) is 119 Å². The summed E-state index contributed by atoms with van der Waals surface area (Å²) in [6, 6.07) is 8.02. The largest absolute Gasteiger partial charge is 0.484 e. The average molecular weight is 624 g/mol. The molecule has 11 nitrogen and oxygen atoms in total. The number of nitrogens with one attached hydrogen (secondary N) is 2. The number of nitrogens with zero attached hydrogens (tertiary/aromatic N) is 5. The molecule has 1 atom stereocenters. The van der Waals surface area contributed by atoms with Crippen molar-refractivity contribution in [2.45, 2.75) is 57.9 Å². The number of aliphatic hydroxyl groups is 1. The number of carbonyl (C=O) groups is 1. The molecule has 2 aromatic heterocycles. The Morgan fingerprint density at radius 1 is 1.18 bits per heavy atom. The number of carbonyl (C=O) groups excluding carboxylic acids is 1. The summed E-state index contributed by atoms with van der Waals surface area (Å²) < 4.78 is 11.1. The molecule has 1 aromatic carbocycles. The fourth-order valence-corrected chi connectivity index (χ4v) is 6.32. The SMILES string of the molecule is CCN1CCN(c2cc(C(=O)NCC(O)CN3CCc4c(ccc(OCc5cnco5)c4Cl)C3)cc(NC3CCC3)n2)CC1. The molecular weight excluding hydrogens is 582 g/mol. The molecular formula is C32H42ClN7O4.